The molecule has 2 N–H and O–H groups in total. The van der Waals surface area contributed by atoms with E-state index in [1.54, 1.807) is 12.1 Å². The fourth-order valence-electron chi connectivity index (χ4n) is 2.57. The van der Waals surface area contributed by atoms with Gasteiger partial charge in [-0.25, -0.2) is 0 Å². The lowest BCUT2D eigenvalue weighted by molar-refractivity contribution is -0.148. The van der Waals surface area contributed by atoms with Gasteiger partial charge < -0.3 is 15.4 Å². The molecule has 1 aromatic carbocycles. The van der Waals surface area contributed by atoms with Gasteiger partial charge in [0.25, 0.3) is 0 Å². The molecule has 0 aromatic heterocycles. The monoisotopic (exact) mass is 273 g/mol. The first-order chi connectivity index (χ1) is 9.65. The van der Waals surface area contributed by atoms with Crippen molar-refractivity contribution in [3.05, 3.63) is 23.8 Å². The Bertz CT molecular complexity index is 536. The van der Waals surface area contributed by atoms with Crippen LogP contribution in [0.3, 0.4) is 0 Å². The van der Waals surface area contributed by atoms with Gasteiger partial charge in [0.05, 0.1) is 23.8 Å². The molecular weight excluding hydrogens is 254 g/mol. The molecule has 1 fully saturated rings. The number of piperidine rings is 1. The number of ether oxygens (including phenoxy) is 1. The molecule has 0 spiro atoms. The molecule has 1 atom stereocenters. The molecule has 1 saturated heterocycles. The van der Waals surface area contributed by atoms with Gasteiger partial charge >= 0.3 is 5.97 Å². The summed E-state index contributed by atoms with van der Waals surface area (Å²) in [6.07, 6.45) is 1.75. The summed E-state index contributed by atoms with van der Waals surface area (Å²) < 4.78 is 5.09. The van der Waals surface area contributed by atoms with Crippen LogP contribution in [0.15, 0.2) is 18.2 Å². The third-order valence-electron chi connectivity index (χ3n) is 3.52. The zero-order valence-electron chi connectivity index (χ0n) is 11.6. The number of esters is 1. The van der Waals surface area contributed by atoms with Crippen LogP contribution in [-0.4, -0.2) is 25.7 Å². The van der Waals surface area contributed by atoms with Crippen molar-refractivity contribution in [3.63, 3.8) is 0 Å². The highest BCUT2D eigenvalue weighted by Crippen LogP contribution is 2.28. The van der Waals surface area contributed by atoms with E-state index in [9.17, 15) is 10.1 Å². The van der Waals surface area contributed by atoms with Crippen LogP contribution in [0.4, 0.5) is 11.4 Å². The summed E-state index contributed by atoms with van der Waals surface area (Å²) in [6, 6.07) is 7.47. The van der Waals surface area contributed by atoms with Crippen LogP contribution in [0.5, 0.6) is 0 Å². The summed E-state index contributed by atoms with van der Waals surface area (Å²) >= 11 is 0. The van der Waals surface area contributed by atoms with Gasteiger partial charge in [-0.1, -0.05) is 0 Å². The number of nitriles is 1. The Morgan fingerprint density at radius 3 is 3.10 bits per heavy atom. The highest BCUT2D eigenvalue weighted by Gasteiger charge is 2.27. The van der Waals surface area contributed by atoms with E-state index in [1.807, 2.05) is 13.0 Å². The molecule has 0 amide bonds. The maximum absolute atomic E-state index is 11.8. The number of benzene rings is 1. The molecule has 1 aliphatic rings. The topological polar surface area (TPSA) is 79.3 Å². The zero-order valence-corrected chi connectivity index (χ0v) is 11.6. The largest absolute Gasteiger partial charge is 0.466 e. The molecule has 1 aliphatic heterocycles. The molecule has 20 heavy (non-hydrogen) atoms. The van der Waals surface area contributed by atoms with Crippen molar-refractivity contribution in [2.24, 2.45) is 5.92 Å². The van der Waals surface area contributed by atoms with E-state index in [-0.39, 0.29) is 11.9 Å². The van der Waals surface area contributed by atoms with Crippen LogP contribution in [0.2, 0.25) is 0 Å². The highest BCUT2D eigenvalue weighted by atomic mass is 16.5. The minimum Gasteiger partial charge on any atom is -0.466 e. The van der Waals surface area contributed by atoms with Crippen LogP contribution in [0.25, 0.3) is 0 Å². The molecule has 0 radical (unpaired) electrons. The van der Waals surface area contributed by atoms with Gasteiger partial charge in [-0.15, -0.1) is 0 Å². The first kappa shape index (κ1) is 14.2. The van der Waals surface area contributed by atoms with Crippen molar-refractivity contribution in [2.45, 2.75) is 19.8 Å². The standard InChI is InChI=1S/C15H19N3O2/c1-2-20-15(19)11-4-3-7-18(10-11)14-6-5-13(17)8-12(14)9-16/h5-6,8,11H,2-4,7,10,17H2,1H3/t11-/m0/s1. The predicted molar refractivity (Wildman–Crippen MR) is 77.1 cm³/mol. The van der Waals surface area contributed by atoms with Crippen molar-refractivity contribution in [1.29, 1.82) is 5.26 Å². The van der Waals surface area contributed by atoms with Gasteiger partial charge in [-0.05, 0) is 38.0 Å². The maximum atomic E-state index is 11.8. The van der Waals surface area contributed by atoms with Crippen LogP contribution in [0.1, 0.15) is 25.3 Å². The minimum atomic E-state index is -0.147. The molecule has 0 unspecified atom stereocenters. The maximum Gasteiger partial charge on any atom is 0.310 e. The van der Waals surface area contributed by atoms with Gasteiger partial charge in [0.1, 0.15) is 6.07 Å². The lowest BCUT2D eigenvalue weighted by atomic mass is 9.97. The second-order valence-electron chi connectivity index (χ2n) is 4.93. The lowest BCUT2D eigenvalue weighted by Gasteiger charge is -2.33. The van der Waals surface area contributed by atoms with Crippen molar-refractivity contribution in [1.82, 2.24) is 0 Å². The molecule has 5 heteroatoms. The van der Waals surface area contributed by atoms with Gasteiger partial charge in [-0.3, -0.25) is 4.79 Å². The van der Waals surface area contributed by atoms with E-state index in [0.29, 0.717) is 24.4 Å². The number of carbonyl (C=O) groups is 1. The first-order valence-corrected chi connectivity index (χ1v) is 6.87. The summed E-state index contributed by atoms with van der Waals surface area (Å²) in [5.41, 5.74) is 7.67. The first-order valence-electron chi connectivity index (χ1n) is 6.87. The number of hydrogen-bond donors (Lipinski definition) is 1. The summed E-state index contributed by atoms with van der Waals surface area (Å²) in [5, 5.41) is 9.21. The normalized spacial score (nSPS) is 18.4. The quantitative estimate of drug-likeness (QED) is 0.672. The second-order valence-corrected chi connectivity index (χ2v) is 4.93. The lowest BCUT2D eigenvalue weighted by Crippen LogP contribution is -2.39. The average Bonchev–Trinajstić information content (AvgIpc) is 2.47. The Balaban J connectivity index is 2.17. The average molecular weight is 273 g/mol. The van der Waals surface area contributed by atoms with E-state index in [1.165, 1.54) is 0 Å². The van der Waals surface area contributed by atoms with Gasteiger partial charge in [0.2, 0.25) is 0 Å². The number of nitrogen functional groups attached to an aromatic ring is 1. The van der Waals surface area contributed by atoms with Crippen LogP contribution in [0, 0.1) is 17.2 Å². The van der Waals surface area contributed by atoms with Crippen molar-refractivity contribution in [3.8, 4) is 6.07 Å². The molecule has 2 rings (SSSR count). The Morgan fingerprint density at radius 1 is 1.60 bits per heavy atom. The Labute approximate surface area is 118 Å². The van der Waals surface area contributed by atoms with Gasteiger partial charge in [0.15, 0.2) is 0 Å². The van der Waals surface area contributed by atoms with Crippen LogP contribution < -0.4 is 10.6 Å². The van der Waals surface area contributed by atoms with Crippen molar-refractivity contribution >= 4 is 17.3 Å². The third kappa shape index (κ3) is 3.02. The summed E-state index contributed by atoms with van der Waals surface area (Å²) in [4.78, 5) is 13.9. The summed E-state index contributed by atoms with van der Waals surface area (Å²) in [6.45, 7) is 3.65. The van der Waals surface area contributed by atoms with Crippen molar-refractivity contribution in [2.75, 3.05) is 30.3 Å². The van der Waals surface area contributed by atoms with Crippen LogP contribution >= 0.6 is 0 Å². The van der Waals surface area contributed by atoms with E-state index in [4.69, 9.17) is 10.5 Å². The Kier molecular flexibility index (Phi) is 4.46. The molecule has 1 aromatic rings. The molecule has 106 valence electrons. The minimum absolute atomic E-state index is 0.118. The summed E-state index contributed by atoms with van der Waals surface area (Å²) in [7, 11) is 0. The fourth-order valence-corrected chi connectivity index (χ4v) is 2.57. The highest BCUT2D eigenvalue weighted by molar-refractivity contribution is 5.74. The van der Waals surface area contributed by atoms with E-state index in [2.05, 4.69) is 11.0 Å². The second kappa shape index (κ2) is 6.29. The number of hydrogen-bond acceptors (Lipinski definition) is 5. The molecule has 0 saturated carbocycles. The fraction of sp³-hybridized carbons (Fsp3) is 0.467. The smallest absolute Gasteiger partial charge is 0.310 e. The molecular formula is C15H19N3O2. The third-order valence-corrected chi connectivity index (χ3v) is 3.52. The van der Waals surface area contributed by atoms with E-state index < -0.39 is 0 Å². The number of rotatable bonds is 3. The van der Waals surface area contributed by atoms with Gasteiger partial charge in [0, 0.05) is 18.8 Å². The Morgan fingerprint density at radius 2 is 2.40 bits per heavy atom. The Hall–Kier alpha value is -2.22. The SMILES string of the molecule is CCOC(=O)[C@H]1CCCN(c2ccc(N)cc2C#N)C1. The molecule has 5 nitrogen and oxygen atoms in total. The molecule has 0 aliphatic carbocycles. The zero-order chi connectivity index (χ0) is 14.5. The number of carbonyl (C=O) groups excluding carboxylic acids is 1. The number of anilines is 2. The van der Waals surface area contributed by atoms with E-state index in [0.717, 1.165) is 25.1 Å². The molecule has 1 heterocycles. The summed E-state index contributed by atoms with van der Waals surface area (Å²) in [5.74, 6) is -0.265. The van der Waals surface area contributed by atoms with Crippen LogP contribution in [-0.2, 0) is 9.53 Å². The van der Waals surface area contributed by atoms with E-state index >= 15 is 0 Å². The number of nitrogens with two attached hydrogens (primary N) is 1. The predicted octanol–water partition coefficient (Wildman–Crippen LogP) is 1.92. The molecule has 0 bridgehead atoms. The number of nitrogens with zero attached hydrogens (tertiary/aromatic N) is 2. The van der Waals surface area contributed by atoms with Crippen molar-refractivity contribution < 1.29 is 9.53 Å². The van der Waals surface area contributed by atoms with Gasteiger partial charge in [-0.2, -0.15) is 5.26 Å².